The minimum atomic E-state index is -1.12. The zero-order valence-corrected chi connectivity index (χ0v) is 16.6. The van der Waals surface area contributed by atoms with E-state index in [-0.39, 0.29) is 12.4 Å². The molecular weight excluding hydrogens is 356 g/mol. The van der Waals surface area contributed by atoms with Gasteiger partial charge in [-0.05, 0) is 31.0 Å². The molecule has 0 heterocycles. The number of rotatable bonds is 6. The Balaban J connectivity index is 2.27. The summed E-state index contributed by atoms with van der Waals surface area (Å²) in [6, 6.07) is 11.0. The van der Waals surface area contributed by atoms with Crippen molar-refractivity contribution in [2.75, 3.05) is 14.2 Å². The van der Waals surface area contributed by atoms with Crippen molar-refractivity contribution in [3.8, 4) is 0 Å². The van der Waals surface area contributed by atoms with Crippen molar-refractivity contribution in [1.82, 2.24) is 0 Å². The summed E-state index contributed by atoms with van der Waals surface area (Å²) in [5.41, 5.74) is 3.12. The Kier molecular flexibility index (Phi) is 5.49. The zero-order valence-electron chi connectivity index (χ0n) is 16.6. The van der Waals surface area contributed by atoms with Crippen LogP contribution in [0.3, 0.4) is 0 Å². The molecule has 1 aliphatic carbocycles. The van der Waals surface area contributed by atoms with Gasteiger partial charge in [0.05, 0.1) is 13.2 Å². The van der Waals surface area contributed by atoms with Crippen LogP contribution in [-0.4, -0.2) is 26.0 Å². The Morgan fingerprint density at radius 2 is 1.79 bits per heavy atom. The molecule has 3 rings (SSSR count). The summed E-state index contributed by atoms with van der Waals surface area (Å²) in [7, 11) is 3.18. The third-order valence-corrected chi connectivity index (χ3v) is 4.99. The number of hydrogen-bond donors (Lipinski definition) is 0. The molecule has 5 nitrogen and oxygen atoms in total. The molecular formula is C23H24O5. The Hall–Kier alpha value is -2.76. The smallest absolute Gasteiger partial charge is 0.334 e. The minimum absolute atomic E-state index is 0.112. The van der Waals surface area contributed by atoms with E-state index in [2.05, 4.69) is 6.58 Å². The van der Waals surface area contributed by atoms with Crippen LogP contribution in [0.5, 0.6) is 0 Å². The highest BCUT2D eigenvalue weighted by atomic mass is 16.6. The average molecular weight is 380 g/mol. The monoisotopic (exact) mass is 380 g/mol. The molecule has 0 fully saturated rings. The number of carbonyl (C=O) groups excluding carboxylic acids is 2. The first-order valence-corrected chi connectivity index (χ1v) is 9.00. The Morgan fingerprint density at radius 3 is 2.43 bits per heavy atom. The molecule has 1 atom stereocenters. The Labute approximate surface area is 164 Å². The number of hydrogen-bond acceptors (Lipinski definition) is 5. The van der Waals surface area contributed by atoms with Crippen LogP contribution in [0.15, 0.2) is 48.6 Å². The third kappa shape index (κ3) is 3.28. The molecule has 0 saturated heterocycles. The highest BCUT2D eigenvalue weighted by Crippen LogP contribution is 2.44. The van der Waals surface area contributed by atoms with E-state index in [1.165, 1.54) is 0 Å². The predicted molar refractivity (Wildman–Crippen MR) is 105 cm³/mol. The van der Waals surface area contributed by atoms with E-state index in [1.54, 1.807) is 27.2 Å². The molecule has 2 aromatic rings. The molecule has 28 heavy (non-hydrogen) atoms. The fraction of sp³-hybridized carbons (Fsp3) is 0.304. The Bertz CT molecular complexity index is 959. The van der Waals surface area contributed by atoms with Crippen LogP contribution in [0.4, 0.5) is 0 Å². The van der Waals surface area contributed by atoms with E-state index in [4.69, 9.17) is 14.2 Å². The topological polar surface area (TPSA) is 61.8 Å². The molecule has 1 unspecified atom stereocenters. The fourth-order valence-electron chi connectivity index (χ4n) is 3.66. The van der Waals surface area contributed by atoms with Gasteiger partial charge in [0.1, 0.15) is 0 Å². The standard InChI is InChI=1S/C23H24O5/c1-14(2)22(25)28-23(3)18-10-9-15(12-26-4)11-17(18)21(24)20-16(13-27-5)7-6-8-19(20)23/h6-11H,1,12-13H2,2-5H3. The summed E-state index contributed by atoms with van der Waals surface area (Å²) >= 11 is 0. The normalized spacial score (nSPS) is 17.6. The fourth-order valence-corrected chi connectivity index (χ4v) is 3.66. The first-order chi connectivity index (χ1) is 13.3. The van der Waals surface area contributed by atoms with E-state index in [0.29, 0.717) is 34.4 Å². The number of ether oxygens (including phenoxy) is 3. The van der Waals surface area contributed by atoms with Gasteiger partial charge in [-0.25, -0.2) is 4.79 Å². The van der Waals surface area contributed by atoms with Crippen molar-refractivity contribution in [2.24, 2.45) is 0 Å². The summed E-state index contributed by atoms with van der Waals surface area (Å²) in [6.07, 6.45) is 0. The minimum Gasteiger partial charge on any atom is -0.446 e. The maximum absolute atomic E-state index is 13.4. The molecule has 0 aliphatic heterocycles. The number of carbonyl (C=O) groups is 2. The maximum atomic E-state index is 13.4. The summed E-state index contributed by atoms with van der Waals surface area (Å²) in [5, 5.41) is 0. The largest absolute Gasteiger partial charge is 0.446 e. The lowest BCUT2D eigenvalue weighted by Crippen LogP contribution is -2.38. The molecule has 0 radical (unpaired) electrons. The molecule has 1 aliphatic rings. The van der Waals surface area contributed by atoms with Crippen molar-refractivity contribution < 1.29 is 23.8 Å². The van der Waals surface area contributed by atoms with Gasteiger partial charge in [0.25, 0.3) is 0 Å². The second kappa shape index (κ2) is 7.70. The molecule has 0 N–H and O–H groups in total. The molecule has 2 aromatic carbocycles. The molecule has 0 spiro atoms. The summed E-state index contributed by atoms with van der Waals surface area (Å²) in [5.74, 6) is -0.619. The SMILES string of the molecule is C=C(C)C(=O)OC1(C)c2ccc(COC)cc2C(=O)c2c(COC)cccc21. The van der Waals surface area contributed by atoms with Gasteiger partial charge in [-0.15, -0.1) is 0 Å². The van der Waals surface area contributed by atoms with E-state index in [0.717, 1.165) is 11.1 Å². The molecule has 5 heteroatoms. The van der Waals surface area contributed by atoms with E-state index >= 15 is 0 Å². The van der Waals surface area contributed by atoms with Crippen LogP contribution >= 0.6 is 0 Å². The van der Waals surface area contributed by atoms with Crippen molar-refractivity contribution >= 4 is 11.8 Å². The average Bonchev–Trinajstić information content (AvgIpc) is 2.66. The number of fused-ring (bicyclic) bond motifs is 2. The van der Waals surface area contributed by atoms with Gasteiger partial charge in [0, 0.05) is 42.0 Å². The lowest BCUT2D eigenvalue weighted by atomic mass is 9.73. The predicted octanol–water partition coefficient (Wildman–Crippen LogP) is 3.91. The van der Waals surface area contributed by atoms with Crippen LogP contribution in [0.25, 0.3) is 0 Å². The van der Waals surface area contributed by atoms with Crippen molar-refractivity contribution in [1.29, 1.82) is 0 Å². The highest BCUT2D eigenvalue weighted by Gasteiger charge is 2.44. The molecule has 0 saturated carbocycles. The van der Waals surface area contributed by atoms with Crippen molar-refractivity contribution in [2.45, 2.75) is 32.7 Å². The van der Waals surface area contributed by atoms with Gasteiger partial charge in [0.2, 0.25) is 0 Å². The number of methoxy groups -OCH3 is 2. The third-order valence-electron chi connectivity index (χ3n) is 4.99. The van der Waals surface area contributed by atoms with Gasteiger partial charge in [-0.3, -0.25) is 4.79 Å². The van der Waals surface area contributed by atoms with Crippen LogP contribution < -0.4 is 0 Å². The summed E-state index contributed by atoms with van der Waals surface area (Å²) in [6.45, 7) is 7.77. The van der Waals surface area contributed by atoms with Crippen LogP contribution in [-0.2, 0) is 37.8 Å². The van der Waals surface area contributed by atoms with Crippen LogP contribution in [0.1, 0.15) is 52.0 Å². The molecule has 0 aromatic heterocycles. The highest BCUT2D eigenvalue weighted by molar-refractivity contribution is 6.14. The van der Waals surface area contributed by atoms with Gasteiger partial charge in [-0.1, -0.05) is 36.9 Å². The summed E-state index contributed by atoms with van der Waals surface area (Å²) < 4.78 is 16.4. The van der Waals surface area contributed by atoms with Crippen molar-refractivity contribution in [3.05, 3.63) is 81.9 Å². The first kappa shape index (κ1) is 20.0. The van der Waals surface area contributed by atoms with Crippen molar-refractivity contribution in [3.63, 3.8) is 0 Å². The van der Waals surface area contributed by atoms with Crippen LogP contribution in [0, 0.1) is 0 Å². The maximum Gasteiger partial charge on any atom is 0.334 e. The van der Waals surface area contributed by atoms with E-state index < -0.39 is 11.6 Å². The number of esters is 1. The first-order valence-electron chi connectivity index (χ1n) is 9.00. The molecule has 0 bridgehead atoms. The van der Waals surface area contributed by atoms with Gasteiger partial charge < -0.3 is 14.2 Å². The zero-order chi connectivity index (χ0) is 20.5. The van der Waals surface area contributed by atoms with Gasteiger partial charge >= 0.3 is 5.97 Å². The van der Waals surface area contributed by atoms with E-state index in [1.807, 2.05) is 37.3 Å². The van der Waals surface area contributed by atoms with E-state index in [9.17, 15) is 9.59 Å². The van der Waals surface area contributed by atoms with Gasteiger partial charge in [-0.2, -0.15) is 0 Å². The quantitative estimate of drug-likeness (QED) is 0.562. The molecule has 146 valence electrons. The second-order valence-corrected chi connectivity index (χ2v) is 7.12. The van der Waals surface area contributed by atoms with Gasteiger partial charge in [0.15, 0.2) is 11.4 Å². The number of benzene rings is 2. The lowest BCUT2D eigenvalue weighted by Gasteiger charge is -2.37. The Morgan fingerprint density at radius 1 is 1.07 bits per heavy atom. The second-order valence-electron chi connectivity index (χ2n) is 7.12. The lowest BCUT2D eigenvalue weighted by molar-refractivity contribution is -0.150. The molecule has 0 amide bonds. The summed E-state index contributed by atoms with van der Waals surface area (Å²) in [4.78, 5) is 25.9. The number of ketones is 1. The van der Waals surface area contributed by atoms with Crippen LogP contribution in [0.2, 0.25) is 0 Å².